The number of amides is 1. The Balaban J connectivity index is 1.29. The molecule has 0 aliphatic heterocycles. The Labute approximate surface area is 230 Å². The number of pyridine rings is 2. The molecule has 11 heteroatoms. The van der Waals surface area contributed by atoms with Gasteiger partial charge < -0.3 is 26.4 Å². The number of nitrogens with two attached hydrogens (primary N) is 1. The highest BCUT2D eigenvalue weighted by molar-refractivity contribution is 6.03. The zero-order valence-corrected chi connectivity index (χ0v) is 21.7. The topological polar surface area (TPSA) is 144 Å². The number of imidazole rings is 1. The number of carbonyl (C=O) groups excluding carboxylic acids is 1. The van der Waals surface area contributed by atoms with Gasteiger partial charge in [0.2, 0.25) is 0 Å². The monoisotopic (exact) mass is 535 g/mol. The van der Waals surface area contributed by atoms with Crippen LogP contribution in [0.4, 0.5) is 22.9 Å². The summed E-state index contributed by atoms with van der Waals surface area (Å²) >= 11 is 0. The molecule has 11 nitrogen and oxygen atoms in total. The van der Waals surface area contributed by atoms with Gasteiger partial charge in [-0.15, -0.1) is 5.10 Å². The van der Waals surface area contributed by atoms with E-state index in [0.717, 1.165) is 31.4 Å². The normalized spacial score (nSPS) is 16.8. The lowest BCUT2D eigenvalue weighted by atomic mass is 9.92. The standard InChI is InChI=1S/C29H29N9O2/c30-19-3-5-21(6-4-19)35-27-16-25(34-20-7-9-23(10-8-20)40-24-2-1-13-32-17-24)28-33-18-26(38(28)37-27)29(39)36-22-11-14-31-15-12-22/h1-2,7-19,21,34H,3-6,30H2,(H,35,37)(H,31,36,39). The lowest BCUT2D eigenvalue weighted by molar-refractivity contribution is 0.102. The van der Waals surface area contributed by atoms with Crippen LogP contribution in [0, 0.1) is 0 Å². The summed E-state index contributed by atoms with van der Waals surface area (Å²) in [6.45, 7) is 0. The van der Waals surface area contributed by atoms with Crippen molar-refractivity contribution in [3.63, 3.8) is 0 Å². The van der Waals surface area contributed by atoms with Crippen LogP contribution in [0.5, 0.6) is 11.5 Å². The molecular weight excluding hydrogens is 506 g/mol. The largest absolute Gasteiger partial charge is 0.456 e. The fourth-order valence-corrected chi connectivity index (χ4v) is 4.69. The molecule has 0 radical (unpaired) electrons. The molecule has 0 bridgehead atoms. The van der Waals surface area contributed by atoms with Gasteiger partial charge in [0.25, 0.3) is 5.91 Å². The van der Waals surface area contributed by atoms with Crippen molar-refractivity contribution in [1.29, 1.82) is 0 Å². The molecule has 4 aromatic heterocycles. The first kappa shape index (κ1) is 25.3. The van der Waals surface area contributed by atoms with E-state index in [-0.39, 0.29) is 18.0 Å². The third-order valence-corrected chi connectivity index (χ3v) is 6.77. The molecule has 1 amide bonds. The number of ether oxygens (including phenoxy) is 1. The van der Waals surface area contributed by atoms with E-state index in [4.69, 9.17) is 15.6 Å². The number of nitrogens with zero attached hydrogens (tertiary/aromatic N) is 5. The molecule has 0 unspecified atom stereocenters. The summed E-state index contributed by atoms with van der Waals surface area (Å²) in [5, 5.41) is 14.6. The van der Waals surface area contributed by atoms with Crippen LogP contribution in [0.3, 0.4) is 0 Å². The average molecular weight is 536 g/mol. The van der Waals surface area contributed by atoms with E-state index in [1.54, 1.807) is 41.4 Å². The molecule has 202 valence electrons. The Morgan fingerprint density at radius 2 is 1.70 bits per heavy atom. The number of rotatable bonds is 8. The average Bonchev–Trinajstić information content (AvgIpc) is 3.41. The van der Waals surface area contributed by atoms with E-state index < -0.39 is 0 Å². The number of hydrogen-bond donors (Lipinski definition) is 4. The first-order chi connectivity index (χ1) is 19.6. The Hall–Kier alpha value is -5.03. The van der Waals surface area contributed by atoms with E-state index in [1.165, 1.54) is 6.20 Å². The zero-order valence-electron chi connectivity index (χ0n) is 21.7. The number of benzene rings is 1. The van der Waals surface area contributed by atoms with Gasteiger partial charge in [0, 0.05) is 48.1 Å². The van der Waals surface area contributed by atoms with Crippen molar-refractivity contribution in [2.75, 3.05) is 16.0 Å². The van der Waals surface area contributed by atoms with Gasteiger partial charge in [-0.25, -0.2) is 9.50 Å². The summed E-state index contributed by atoms with van der Waals surface area (Å²) in [6.07, 6.45) is 12.0. The van der Waals surface area contributed by atoms with Crippen molar-refractivity contribution < 1.29 is 9.53 Å². The molecule has 1 aromatic carbocycles. The Morgan fingerprint density at radius 1 is 0.900 bits per heavy atom. The predicted octanol–water partition coefficient (Wildman–Crippen LogP) is 4.99. The van der Waals surface area contributed by atoms with E-state index in [2.05, 4.69) is 30.9 Å². The van der Waals surface area contributed by atoms with Gasteiger partial charge in [-0.05, 0) is 74.2 Å². The fraction of sp³-hybridized carbons (Fsp3) is 0.207. The van der Waals surface area contributed by atoms with Crippen LogP contribution >= 0.6 is 0 Å². The van der Waals surface area contributed by atoms with Gasteiger partial charge >= 0.3 is 0 Å². The van der Waals surface area contributed by atoms with Gasteiger partial charge in [-0.1, -0.05) is 0 Å². The minimum atomic E-state index is -0.324. The predicted molar refractivity (Wildman–Crippen MR) is 153 cm³/mol. The Morgan fingerprint density at radius 3 is 2.45 bits per heavy atom. The van der Waals surface area contributed by atoms with Crippen molar-refractivity contribution >= 4 is 34.4 Å². The van der Waals surface area contributed by atoms with Gasteiger partial charge in [0.05, 0.1) is 18.1 Å². The van der Waals surface area contributed by atoms with Crippen LogP contribution in [0.2, 0.25) is 0 Å². The fourth-order valence-electron chi connectivity index (χ4n) is 4.69. The molecule has 0 spiro atoms. The first-order valence-electron chi connectivity index (χ1n) is 13.2. The lowest BCUT2D eigenvalue weighted by Crippen LogP contribution is -2.33. The van der Waals surface area contributed by atoms with Crippen molar-refractivity contribution in [3.05, 3.63) is 91.3 Å². The van der Waals surface area contributed by atoms with Crippen molar-refractivity contribution in [3.8, 4) is 11.5 Å². The van der Waals surface area contributed by atoms with Crippen LogP contribution in [0.25, 0.3) is 5.65 Å². The van der Waals surface area contributed by atoms with Gasteiger partial charge in [0.1, 0.15) is 17.3 Å². The molecule has 6 rings (SSSR count). The van der Waals surface area contributed by atoms with Crippen LogP contribution in [-0.2, 0) is 0 Å². The maximum atomic E-state index is 13.2. The van der Waals surface area contributed by atoms with E-state index in [9.17, 15) is 4.79 Å². The molecular formula is C29H29N9O2. The van der Waals surface area contributed by atoms with Gasteiger partial charge in [-0.3, -0.25) is 14.8 Å². The van der Waals surface area contributed by atoms with Crippen molar-refractivity contribution in [1.82, 2.24) is 24.6 Å². The van der Waals surface area contributed by atoms with E-state index in [0.29, 0.717) is 40.0 Å². The number of anilines is 4. The smallest absolute Gasteiger partial charge is 0.276 e. The highest BCUT2D eigenvalue weighted by atomic mass is 16.5. The minimum Gasteiger partial charge on any atom is -0.456 e. The molecule has 40 heavy (non-hydrogen) atoms. The van der Waals surface area contributed by atoms with Crippen LogP contribution in [-0.4, -0.2) is 42.6 Å². The summed E-state index contributed by atoms with van der Waals surface area (Å²) in [4.78, 5) is 25.8. The molecule has 5 N–H and O–H groups in total. The summed E-state index contributed by atoms with van der Waals surface area (Å²) in [5.74, 6) is 1.67. The quantitative estimate of drug-likeness (QED) is 0.216. The summed E-state index contributed by atoms with van der Waals surface area (Å²) < 4.78 is 7.42. The maximum Gasteiger partial charge on any atom is 0.276 e. The minimum absolute atomic E-state index is 0.243. The van der Waals surface area contributed by atoms with Crippen LogP contribution in [0.15, 0.2) is 85.6 Å². The second kappa shape index (κ2) is 11.4. The number of hydrogen-bond acceptors (Lipinski definition) is 9. The molecule has 0 saturated heterocycles. The molecule has 0 atom stereocenters. The zero-order chi connectivity index (χ0) is 27.3. The second-order valence-corrected chi connectivity index (χ2v) is 9.71. The Kier molecular flexibility index (Phi) is 7.18. The molecule has 5 aromatic rings. The molecule has 4 heterocycles. The molecule has 1 aliphatic rings. The van der Waals surface area contributed by atoms with Gasteiger partial charge in [-0.2, -0.15) is 0 Å². The summed E-state index contributed by atoms with van der Waals surface area (Å²) in [7, 11) is 0. The number of carbonyl (C=O) groups is 1. The van der Waals surface area contributed by atoms with Crippen LogP contribution < -0.4 is 26.4 Å². The summed E-state index contributed by atoms with van der Waals surface area (Å²) in [6, 6.07) is 17.1. The first-order valence-corrected chi connectivity index (χ1v) is 13.2. The molecule has 1 fully saturated rings. The molecule has 1 aliphatic carbocycles. The maximum absolute atomic E-state index is 13.2. The third kappa shape index (κ3) is 5.84. The van der Waals surface area contributed by atoms with Crippen molar-refractivity contribution in [2.45, 2.75) is 37.8 Å². The van der Waals surface area contributed by atoms with E-state index in [1.807, 2.05) is 42.5 Å². The third-order valence-electron chi connectivity index (χ3n) is 6.77. The van der Waals surface area contributed by atoms with Crippen molar-refractivity contribution in [2.24, 2.45) is 5.73 Å². The highest BCUT2D eigenvalue weighted by Crippen LogP contribution is 2.29. The van der Waals surface area contributed by atoms with E-state index >= 15 is 0 Å². The SMILES string of the molecule is NC1CCC(Nc2cc(Nc3ccc(Oc4cccnc4)cc3)c3ncc(C(=O)Nc4ccncc4)n3n2)CC1. The highest BCUT2D eigenvalue weighted by Gasteiger charge is 2.21. The van der Waals surface area contributed by atoms with Gasteiger partial charge in [0.15, 0.2) is 11.3 Å². The number of nitrogens with one attached hydrogen (secondary N) is 3. The molecule has 1 saturated carbocycles. The second-order valence-electron chi connectivity index (χ2n) is 9.71. The number of fused-ring (bicyclic) bond motifs is 1. The lowest BCUT2D eigenvalue weighted by Gasteiger charge is -2.27. The summed E-state index contributed by atoms with van der Waals surface area (Å²) in [5.41, 5.74) is 9.10. The van der Waals surface area contributed by atoms with Crippen LogP contribution in [0.1, 0.15) is 36.2 Å². The Bertz CT molecular complexity index is 1580. The number of aromatic nitrogens is 5.